The highest BCUT2D eigenvalue weighted by Crippen LogP contribution is 2.31. The SMILES string of the molecule is COCC(CO)NC(=O)C1Cc2cc(Cl)ccc2O1. The van der Waals surface area contributed by atoms with Crippen LogP contribution >= 0.6 is 11.6 Å². The number of rotatable bonds is 5. The molecule has 0 bridgehead atoms. The van der Waals surface area contributed by atoms with Gasteiger partial charge in [-0.25, -0.2) is 0 Å². The van der Waals surface area contributed by atoms with Gasteiger partial charge in [0, 0.05) is 18.6 Å². The molecule has 0 saturated heterocycles. The first-order valence-corrected chi connectivity index (χ1v) is 6.37. The number of methoxy groups -OCH3 is 1. The van der Waals surface area contributed by atoms with E-state index in [1.807, 2.05) is 0 Å². The zero-order valence-corrected chi connectivity index (χ0v) is 11.3. The molecule has 0 aromatic heterocycles. The third kappa shape index (κ3) is 3.37. The number of aliphatic hydroxyl groups excluding tert-OH is 1. The van der Waals surface area contributed by atoms with Crippen LogP contribution in [0.15, 0.2) is 18.2 Å². The second-order valence-electron chi connectivity index (χ2n) is 4.41. The Morgan fingerprint density at radius 1 is 1.68 bits per heavy atom. The van der Waals surface area contributed by atoms with Crippen LogP contribution < -0.4 is 10.1 Å². The Kier molecular flexibility index (Phi) is 4.63. The van der Waals surface area contributed by atoms with E-state index in [1.165, 1.54) is 7.11 Å². The molecule has 1 aliphatic rings. The number of ether oxygens (including phenoxy) is 2. The fourth-order valence-corrected chi connectivity index (χ4v) is 2.19. The molecule has 0 spiro atoms. The molecule has 19 heavy (non-hydrogen) atoms. The number of fused-ring (bicyclic) bond motifs is 1. The van der Waals surface area contributed by atoms with Crippen molar-refractivity contribution in [3.63, 3.8) is 0 Å². The maximum atomic E-state index is 12.0. The number of carbonyl (C=O) groups is 1. The van der Waals surface area contributed by atoms with Crippen molar-refractivity contribution in [1.82, 2.24) is 5.32 Å². The molecular weight excluding hydrogens is 270 g/mol. The summed E-state index contributed by atoms with van der Waals surface area (Å²) in [5.41, 5.74) is 0.917. The van der Waals surface area contributed by atoms with Gasteiger partial charge in [0.25, 0.3) is 5.91 Å². The van der Waals surface area contributed by atoms with Crippen molar-refractivity contribution < 1.29 is 19.4 Å². The molecule has 6 heteroatoms. The number of aliphatic hydroxyl groups is 1. The quantitative estimate of drug-likeness (QED) is 0.838. The van der Waals surface area contributed by atoms with Gasteiger partial charge in [-0.2, -0.15) is 0 Å². The second-order valence-corrected chi connectivity index (χ2v) is 4.84. The van der Waals surface area contributed by atoms with Crippen LogP contribution in [0.4, 0.5) is 0 Å². The van der Waals surface area contributed by atoms with Crippen LogP contribution in [-0.4, -0.2) is 43.5 Å². The van der Waals surface area contributed by atoms with Gasteiger partial charge in [0.15, 0.2) is 6.10 Å². The van der Waals surface area contributed by atoms with Crippen LogP contribution in [0.1, 0.15) is 5.56 Å². The summed E-state index contributed by atoms with van der Waals surface area (Å²) >= 11 is 5.89. The number of carbonyl (C=O) groups excluding carboxylic acids is 1. The molecule has 0 radical (unpaired) electrons. The maximum Gasteiger partial charge on any atom is 0.261 e. The van der Waals surface area contributed by atoms with Gasteiger partial charge in [0.05, 0.1) is 19.3 Å². The van der Waals surface area contributed by atoms with E-state index in [0.717, 1.165) is 5.56 Å². The summed E-state index contributed by atoms with van der Waals surface area (Å²) in [6.45, 7) is 0.0822. The largest absolute Gasteiger partial charge is 0.480 e. The lowest BCUT2D eigenvalue weighted by atomic mass is 10.1. The van der Waals surface area contributed by atoms with Gasteiger partial charge in [-0.3, -0.25) is 4.79 Å². The lowest BCUT2D eigenvalue weighted by Crippen LogP contribution is -2.46. The zero-order valence-electron chi connectivity index (χ0n) is 10.6. The van der Waals surface area contributed by atoms with Gasteiger partial charge < -0.3 is 19.9 Å². The van der Waals surface area contributed by atoms with Gasteiger partial charge in [-0.1, -0.05) is 11.6 Å². The standard InChI is InChI=1S/C13H16ClNO4/c1-18-7-10(6-16)15-13(17)12-5-8-4-9(14)2-3-11(8)19-12/h2-4,10,12,16H,5-7H2,1H3,(H,15,17). The Labute approximate surface area is 116 Å². The number of nitrogens with one attached hydrogen (secondary N) is 1. The molecule has 2 atom stereocenters. The Morgan fingerprint density at radius 3 is 3.16 bits per heavy atom. The van der Waals surface area contributed by atoms with E-state index < -0.39 is 12.1 Å². The molecule has 2 N–H and O–H groups in total. The van der Waals surface area contributed by atoms with E-state index in [2.05, 4.69) is 5.32 Å². The first-order chi connectivity index (χ1) is 9.13. The topological polar surface area (TPSA) is 67.8 Å². The molecule has 1 aromatic carbocycles. The van der Waals surface area contributed by atoms with Gasteiger partial charge in [-0.05, 0) is 23.8 Å². The van der Waals surface area contributed by atoms with Crippen LogP contribution in [0.5, 0.6) is 5.75 Å². The molecule has 104 valence electrons. The van der Waals surface area contributed by atoms with Crippen molar-refractivity contribution in [2.75, 3.05) is 20.3 Å². The van der Waals surface area contributed by atoms with E-state index in [4.69, 9.17) is 26.2 Å². The Bertz CT molecular complexity index is 466. The van der Waals surface area contributed by atoms with Crippen molar-refractivity contribution in [3.8, 4) is 5.75 Å². The van der Waals surface area contributed by atoms with Crippen molar-refractivity contribution >= 4 is 17.5 Å². The van der Waals surface area contributed by atoms with E-state index in [0.29, 0.717) is 17.2 Å². The highest BCUT2D eigenvalue weighted by molar-refractivity contribution is 6.30. The molecular formula is C13H16ClNO4. The van der Waals surface area contributed by atoms with E-state index in [1.54, 1.807) is 18.2 Å². The molecule has 2 rings (SSSR count). The molecule has 5 nitrogen and oxygen atoms in total. The minimum atomic E-state index is -0.584. The smallest absolute Gasteiger partial charge is 0.261 e. The van der Waals surface area contributed by atoms with Crippen molar-refractivity contribution in [3.05, 3.63) is 28.8 Å². The predicted octanol–water partition coefficient (Wildman–Crippen LogP) is 0.767. The molecule has 1 aliphatic heterocycles. The normalized spacial score (nSPS) is 18.6. The molecule has 0 fully saturated rings. The number of benzene rings is 1. The molecule has 0 aliphatic carbocycles. The monoisotopic (exact) mass is 285 g/mol. The van der Waals surface area contributed by atoms with Crippen LogP contribution in [0.2, 0.25) is 5.02 Å². The molecule has 1 amide bonds. The van der Waals surface area contributed by atoms with Crippen LogP contribution in [0.25, 0.3) is 0 Å². The summed E-state index contributed by atoms with van der Waals surface area (Å²) in [5, 5.41) is 12.4. The fraction of sp³-hybridized carbons (Fsp3) is 0.462. The van der Waals surface area contributed by atoms with Crippen molar-refractivity contribution in [2.45, 2.75) is 18.6 Å². The van der Waals surface area contributed by atoms with E-state index in [9.17, 15) is 4.79 Å². The van der Waals surface area contributed by atoms with Crippen molar-refractivity contribution in [2.24, 2.45) is 0 Å². The summed E-state index contributed by atoms with van der Waals surface area (Å²) in [6, 6.07) is 4.85. The Balaban J connectivity index is 1.96. The number of hydrogen-bond donors (Lipinski definition) is 2. The second kappa shape index (κ2) is 6.23. The van der Waals surface area contributed by atoms with Crippen LogP contribution in [0.3, 0.4) is 0 Å². The highest BCUT2D eigenvalue weighted by atomic mass is 35.5. The molecule has 0 saturated carbocycles. The molecule has 1 aromatic rings. The van der Waals surface area contributed by atoms with Crippen molar-refractivity contribution in [1.29, 1.82) is 0 Å². The Morgan fingerprint density at radius 2 is 2.47 bits per heavy atom. The number of halogens is 1. The summed E-state index contributed by atoms with van der Waals surface area (Å²) in [7, 11) is 1.51. The van der Waals surface area contributed by atoms with E-state index in [-0.39, 0.29) is 19.1 Å². The summed E-state index contributed by atoms with van der Waals surface area (Å²) in [6.07, 6.45) is -0.105. The van der Waals surface area contributed by atoms with Gasteiger partial charge in [0.2, 0.25) is 0 Å². The zero-order chi connectivity index (χ0) is 13.8. The summed E-state index contributed by atoms with van der Waals surface area (Å²) < 4.78 is 10.5. The van der Waals surface area contributed by atoms with Gasteiger partial charge in [0.1, 0.15) is 5.75 Å². The third-order valence-electron chi connectivity index (χ3n) is 2.92. The number of hydrogen-bond acceptors (Lipinski definition) is 4. The first kappa shape index (κ1) is 14.1. The minimum absolute atomic E-state index is 0.176. The Hall–Kier alpha value is -1.30. The van der Waals surface area contributed by atoms with Gasteiger partial charge >= 0.3 is 0 Å². The van der Waals surface area contributed by atoms with E-state index >= 15 is 0 Å². The summed E-state index contributed by atoms with van der Waals surface area (Å²) in [5.74, 6) is 0.417. The molecule has 2 unspecified atom stereocenters. The predicted molar refractivity (Wildman–Crippen MR) is 70.5 cm³/mol. The lowest BCUT2D eigenvalue weighted by molar-refractivity contribution is -0.128. The average Bonchev–Trinajstić information content (AvgIpc) is 2.81. The third-order valence-corrected chi connectivity index (χ3v) is 3.16. The lowest BCUT2D eigenvalue weighted by Gasteiger charge is -2.18. The summed E-state index contributed by atoms with van der Waals surface area (Å²) in [4.78, 5) is 12.0. The first-order valence-electron chi connectivity index (χ1n) is 5.99. The maximum absolute atomic E-state index is 12.0. The van der Waals surface area contributed by atoms with Crippen LogP contribution in [0, 0.1) is 0 Å². The van der Waals surface area contributed by atoms with Gasteiger partial charge in [-0.15, -0.1) is 0 Å². The van der Waals surface area contributed by atoms with Crippen LogP contribution in [-0.2, 0) is 16.0 Å². The minimum Gasteiger partial charge on any atom is -0.480 e. The highest BCUT2D eigenvalue weighted by Gasteiger charge is 2.30. The number of amides is 1. The molecule has 1 heterocycles. The average molecular weight is 286 g/mol. The fourth-order valence-electron chi connectivity index (χ4n) is 2.00.